The Kier molecular flexibility index (Phi) is 7.12. The van der Waals surface area contributed by atoms with Crippen LogP contribution in [0, 0.1) is 20.8 Å². The van der Waals surface area contributed by atoms with E-state index in [0.29, 0.717) is 16.9 Å². The molecule has 192 valence electrons. The van der Waals surface area contributed by atoms with E-state index in [1.165, 1.54) is 17.0 Å². The van der Waals surface area contributed by atoms with Gasteiger partial charge in [0, 0.05) is 12.1 Å². The van der Waals surface area contributed by atoms with E-state index in [1.807, 2.05) is 65.0 Å². The highest BCUT2D eigenvalue weighted by Gasteiger charge is 2.46. The molecule has 1 fully saturated rings. The molecule has 3 aromatic rings. The van der Waals surface area contributed by atoms with E-state index in [2.05, 4.69) is 0 Å². The van der Waals surface area contributed by atoms with E-state index in [0.717, 1.165) is 27.8 Å². The number of nitrogens with zero attached hydrogens (tertiary/aromatic N) is 1. The fraction of sp³-hybridized carbons (Fsp3) is 0.290. The number of ether oxygens (including phenoxy) is 1. The summed E-state index contributed by atoms with van der Waals surface area (Å²) in [6, 6.07) is 15.2. The number of benzene rings is 3. The molecule has 0 spiro atoms. The van der Waals surface area contributed by atoms with Gasteiger partial charge in [-0.3, -0.25) is 9.59 Å². The molecule has 1 aliphatic heterocycles. The monoisotopic (exact) mass is 499 g/mol. The van der Waals surface area contributed by atoms with Crippen molar-refractivity contribution in [1.82, 2.24) is 4.90 Å². The summed E-state index contributed by atoms with van der Waals surface area (Å²) < 4.78 is 5.54. The van der Waals surface area contributed by atoms with Crippen molar-refractivity contribution in [2.45, 2.75) is 53.1 Å². The van der Waals surface area contributed by atoms with Gasteiger partial charge < -0.3 is 19.8 Å². The van der Waals surface area contributed by atoms with Crippen molar-refractivity contribution < 1.29 is 24.5 Å². The van der Waals surface area contributed by atoms with Crippen LogP contribution in [0.4, 0.5) is 0 Å². The van der Waals surface area contributed by atoms with Crippen molar-refractivity contribution in [3.63, 3.8) is 0 Å². The van der Waals surface area contributed by atoms with Crippen molar-refractivity contribution >= 4 is 17.4 Å². The number of rotatable bonds is 6. The van der Waals surface area contributed by atoms with Crippen LogP contribution in [0.25, 0.3) is 5.76 Å². The Bertz CT molecular complexity index is 1400. The number of methoxy groups -OCH3 is 1. The highest BCUT2D eigenvalue weighted by Crippen LogP contribution is 2.42. The van der Waals surface area contributed by atoms with Crippen LogP contribution in [0.2, 0.25) is 0 Å². The molecule has 0 aliphatic carbocycles. The molecule has 0 aromatic heterocycles. The number of amides is 1. The molecule has 1 saturated heterocycles. The number of Topliss-reactive ketones (excluding diaryl/α,β-unsaturated/α-hetero) is 1. The highest BCUT2D eigenvalue weighted by atomic mass is 16.5. The van der Waals surface area contributed by atoms with Gasteiger partial charge in [-0.2, -0.15) is 0 Å². The van der Waals surface area contributed by atoms with Crippen molar-refractivity contribution in [2.24, 2.45) is 0 Å². The number of phenolic OH excluding ortho intramolecular Hbond substituents is 1. The first kappa shape index (κ1) is 26.0. The first-order chi connectivity index (χ1) is 17.5. The first-order valence-electron chi connectivity index (χ1n) is 12.4. The van der Waals surface area contributed by atoms with Gasteiger partial charge in [-0.05, 0) is 78.8 Å². The summed E-state index contributed by atoms with van der Waals surface area (Å²) >= 11 is 0. The van der Waals surface area contributed by atoms with Gasteiger partial charge in [-0.25, -0.2) is 0 Å². The van der Waals surface area contributed by atoms with Crippen molar-refractivity contribution in [3.05, 3.63) is 99.1 Å². The second-order valence-corrected chi connectivity index (χ2v) is 10.0. The van der Waals surface area contributed by atoms with E-state index >= 15 is 0 Å². The molecule has 37 heavy (non-hydrogen) atoms. The molecule has 1 heterocycles. The fourth-order valence-corrected chi connectivity index (χ4v) is 4.93. The molecule has 1 amide bonds. The summed E-state index contributed by atoms with van der Waals surface area (Å²) in [6.07, 6.45) is 0. The lowest BCUT2D eigenvalue weighted by molar-refractivity contribution is -0.140. The quantitative estimate of drug-likeness (QED) is 0.244. The molecule has 3 aromatic carbocycles. The van der Waals surface area contributed by atoms with Gasteiger partial charge in [0.2, 0.25) is 0 Å². The molecule has 6 heteroatoms. The van der Waals surface area contributed by atoms with Crippen LogP contribution in [0.15, 0.2) is 60.2 Å². The van der Waals surface area contributed by atoms with Gasteiger partial charge in [-0.15, -0.1) is 0 Å². The summed E-state index contributed by atoms with van der Waals surface area (Å²) in [7, 11) is 1.60. The van der Waals surface area contributed by atoms with E-state index in [1.54, 1.807) is 19.2 Å². The summed E-state index contributed by atoms with van der Waals surface area (Å²) in [4.78, 5) is 28.4. The molecule has 1 unspecified atom stereocenters. The number of aliphatic hydroxyl groups is 1. The third-order valence-corrected chi connectivity index (χ3v) is 7.05. The number of hydrogen-bond donors (Lipinski definition) is 2. The zero-order valence-corrected chi connectivity index (χ0v) is 22.1. The number of likely N-dealkylation sites (tertiary alicyclic amines) is 1. The average molecular weight is 500 g/mol. The maximum atomic E-state index is 13.5. The molecule has 0 saturated carbocycles. The molecular weight excluding hydrogens is 466 g/mol. The number of carbonyl (C=O) groups is 2. The Hall–Kier alpha value is -4.06. The number of phenols is 1. The SMILES string of the molecule is COc1cc(C)c(/C(O)=C2\C(=O)C(=O)N(Cc3cc(C)ccc3C)C2c2ccc(O)cc2)cc1C(C)C. The fourth-order valence-electron chi connectivity index (χ4n) is 4.93. The number of carbonyl (C=O) groups excluding carboxylic acids is 2. The maximum Gasteiger partial charge on any atom is 0.295 e. The summed E-state index contributed by atoms with van der Waals surface area (Å²) in [5.41, 5.74) is 5.73. The molecule has 4 rings (SSSR count). The molecule has 2 N–H and O–H groups in total. The zero-order valence-electron chi connectivity index (χ0n) is 22.1. The van der Waals surface area contributed by atoms with Crippen LogP contribution >= 0.6 is 0 Å². The smallest absolute Gasteiger partial charge is 0.295 e. The Labute approximate surface area is 217 Å². The van der Waals surface area contributed by atoms with E-state index in [-0.39, 0.29) is 29.5 Å². The topological polar surface area (TPSA) is 87.1 Å². The Morgan fingerprint density at radius 2 is 1.65 bits per heavy atom. The summed E-state index contributed by atoms with van der Waals surface area (Å²) in [5, 5.41) is 21.5. The number of ketones is 1. The van der Waals surface area contributed by atoms with E-state index < -0.39 is 17.7 Å². The zero-order chi connectivity index (χ0) is 27.0. The number of aryl methyl sites for hydroxylation is 3. The predicted octanol–water partition coefficient (Wildman–Crippen LogP) is 6.07. The Morgan fingerprint density at radius 3 is 2.27 bits per heavy atom. The third kappa shape index (κ3) is 4.84. The molecule has 6 nitrogen and oxygen atoms in total. The lowest BCUT2D eigenvalue weighted by atomic mass is 9.91. The highest BCUT2D eigenvalue weighted by molar-refractivity contribution is 6.46. The Balaban J connectivity index is 1.93. The molecule has 0 bridgehead atoms. The minimum atomic E-state index is -0.815. The van der Waals surface area contributed by atoms with Crippen LogP contribution in [-0.4, -0.2) is 33.9 Å². The summed E-state index contributed by atoms with van der Waals surface area (Å²) in [6.45, 7) is 10.0. The average Bonchev–Trinajstić information content (AvgIpc) is 3.10. The minimum absolute atomic E-state index is 0.0315. The molecule has 1 aliphatic rings. The number of hydrogen-bond acceptors (Lipinski definition) is 5. The van der Waals surface area contributed by atoms with Crippen LogP contribution in [0.5, 0.6) is 11.5 Å². The summed E-state index contributed by atoms with van der Waals surface area (Å²) in [5.74, 6) is -0.737. The first-order valence-corrected chi connectivity index (χ1v) is 12.4. The number of aromatic hydroxyl groups is 1. The van der Waals surface area contributed by atoms with Crippen LogP contribution in [-0.2, 0) is 16.1 Å². The minimum Gasteiger partial charge on any atom is -0.508 e. The second kappa shape index (κ2) is 10.1. The van der Waals surface area contributed by atoms with Crippen LogP contribution < -0.4 is 4.74 Å². The van der Waals surface area contributed by atoms with Gasteiger partial charge >= 0.3 is 0 Å². The van der Waals surface area contributed by atoms with Crippen molar-refractivity contribution in [2.75, 3.05) is 7.11 Å². The van der Waals surface area contributed by atoms with Crippen LogP contribution in [0.3, 0.4) is 0 Å². The van der Waals surface area contributed by atoms with Crippen molar-refractivity contribution in [3.8, 4) is 11.5 Å². The molecule has 0 radical (unpaired) electrons. The standard InChI is InChI=1S/C31H33NO5/c1-17(2)24-15-25(20(5)14-26(24)37-6)29(34)27-28(21-9-11-23(33)12-10-21)32(31(36)30(27)35)16-22-13-18(3)7-8-19(22)4/h7-15,17,28,33-34H,16H2,1-6H3/b29-27+. The van der Waals surface area contributed by atoms with E-state index in [4.69, 9.17) is 4.74 Å². The van der Waals surface area contributed by atoms with Crippen LogP contribution in [0.1, 0.15) is 64.8 Å². The van der Waals surface area contributed by atoms with Gasteiger partial charge in [0.25, 0.3) is 11.7 Å². The maximum absolute atomic E-state index is 13.5. The lowest BCUT2D eigenvalue weighted by Gasteiger charge is -2.26. The largest absolute Gasteiger partial charge is 0.508 e. The lowest BCUT2D eigenvalue weighted by Crippen LogP contribution is -2.29. The van der Waals surface area contributed by atoms with Gasteiger partial charge in [-0.1, -0.05) is 49.7 Å². The van der Waals surface area contributed by atoms with Crippen molar-refractivity contribution in [1.29, 1.82) is 0 Å². The normalized spacial score (nSPS) is 17.1. The Morgan fingerprint density at radius 1 is 0.973 bits per heavy atom. The second-order valence-electron chi connectivity index (χ2n) is 10.0. The molecule has 1 atom stereocenters. The van der Waals surface area contributed by atoms with Gasteiger partial charge in [0.15, 0.2) is 0 Å². The third-order valence-electron chi connectivity index (χ3n) is 7.05. The number of aliphatic hydroxyl groups excluding tert-OH is 1. The van der Waals surface area contributed by atoms with Gasteiger partial charge in [0.1, 0.15) is 17.3 Å². The van der Waals surface area contributed by atoms with E-state index in [9.17, 15) is 19.8 Å². The molecular formula is C31H33NO5. The van der Waals surface area contributed by atoms with Gasteiger partial charge in [0.05, 0.1) is 18.7 Å². The predicted molar refractivity (Wildman–Crippen MR) is 144 cm³/mol.